The van der Waals surface area contributed by atoms with Crippen LogP contribution in [0.15, 0.2) is 41.2 Å². The third kappa shape index (κ3) is 1.55. The predicted molar refractivity (Wildman–Crippen MR) is 84.7 cm³/mol. The Labute approximate surface area is 129 Å². The number of H-pyrrole nitrogens is 1. The van der Waals surface area contributed by atoms with E-state index in [2.05, 4.69) is 10.2 Å². The summed E-state index contributed by atoms with van der Waals surface area (Å²) in [4.78, 5) is 13.0. The van der Waals surface area contributed by atoms with E-state index in [1.54, 1.807) is 6.07 Å². The van der Waals surface area contributed by atoms with E-state index in [0.29, 0.717) is 33.4 Å². The molecule has 0 amide bonds. The van der Waals surface area contributed by atoms with E-state index in [9.17, 15) is 4.79 Å². The van der Waals surface area contributed by atoms with E-state index in [-0.39, 0.29) is 12.2 Å². The third-order valence-electron chi connectivity index (χ3n) is 4.35. The van der Waals surface area contributed by atoms with Crippen LogP contribution in [0.4, 0.5) is 0 Å². The molecule has 3 heterocycles. The first-order valence-corrected chi connectivity index (χ1v) is 7.26. The Morgan fingerprint density at radius 2 is 1.91 bits per heavy atom. The van der Waals surface area contributed by atoms with Crippen LogP contribution in [0, 0.1) is 0 Å². The lowest BCUT2D eigenvalue weighted by molar-refractivity contribution is -0.424. The van der Waals surface area contributed by atoms with Gasteiger partial charge in [-0.2, -0.15) is 0 Å². The van der Waals surface area contributed by atoms with Crippen molar-refractivity contribution in [2.45, 2.75) is 0 Å². The van der Waals surface area contributed by atoms with E-state index in [1.165, 1.54) is 0 Å². The second-order valence-corrected chi connectivity index (χ2v) is 5.58. The van der Waals surface area contributed by atoms with Crippen molar-refractivity contribution >= 4 is 32.8 Å². The highest BCUT2D eigenvalue weighted by atomic mass is 16.7. The molecule has 2 aromatic carbocycles. The number of aromatic amines is 1. The highest BCUT2D eigenvalue weighted by Gasteiger charge is 2.22. The summed E-state index contributed by atoms with van der Waals surface area (Å²) in [5.74, 6) is 1.29. The second kappa shape index (κ2) is 4.19. The molecule has 0 aliphatic carbocycles. The number of hydrogen-bond donors (Lipinski definition) is 0. The molecule has 0 bridgehead atoms. The molecule has 0 saturated carbocycles. The maximum absolute atomic E-state index is 13.0. The number of hydrogen-bond acceptors (Lipinski definition) is 4. The van der Waals surface area contributed by atoms with Crippen molar-refractivity contribution in [2.75, 3.05) is 6.79 Å². The van der Waals surface area contributed by atoms with Crippen molar-refractivity contribution in [2.24, 2.45) is 7.05 Å². The Morgan fingerprint density at radius 3 is 2.78 bits per heavy atom. The maximum Gasteiger partial charge on any atom is 0.312 e. The van der Waals surface area contributed by atoms with E-state index in [1.807, 2.05) is 41.9 Å². The zero-order valence-electron chi connectivity index (χ0n) is 12.3. The van der Waals surface area contributed by atoms with Crippen molar-refractivity contribution in [3.63, 3.8) is 0 Å². The summed E-state index contributed by atoms with van der Waals surface area (Å²) in [5, 5.41) is 9.42. The quantitative estimate of drug-likeness (QED) is 0.367. The number of benzene rings is 2. The molecule has 6 nitrogen and oxygen atoms in total. The summed E-state index contributed by atoms with van der Waals surface area (Å²) in [6.07, 6.45) is 0. The Bertz CT molecular complexity index is 1180. The van der Waals surface area contributed by atoms with Crippen LogP contribution in [0.25, 0.3) is 32.8 Å². The van der Waals surface area contributed by atoms with Gasteiger partial charge in [-0.25, -0.2) is 4.57 Å². The summed E-state index contributed by atoms with van der Waals surface area (Å²) < 4.78 is 12.8. The summed E-state index contributed by atoms with van der Waals surface area (Å²) in [7, 11) is 1.92. The maximum atomic E-state index is 13.0. The molecule has 0 atom stereocenters. The minimum Gasteiger partial charge on any atom is -0.454 e. The largest absolute Gasteiger partial charge is 0.454 e. The Hall–Kier alpha value is -3.15. The first kappa shape index (κ1) is 12.4. The zero-order valence-corrected chi connectivity index (χ0v) is 12.3. The fraction of sp³-hybridized carbons (Fsp3) is 0.118. The SMILES string of the molecule is Cn1c2ccccc2c(=O)c2c3cc4c(cc3n[nH+]c21)OCO4. The van der Waals surface area contributed by atoms with Crippen LogP contribution in [0.1, 0.15) is 0 Å². The normalized spacial score (nSPS) is 13.3. The van der Waals surface area contributed by atoms with E-state index in [0.717, 1.165) is 10.9 Å². The van der Waals surface area contributed by atoms with Gasteiger partial charge in [-0.05, 0) is 18.2 Å². The van der Waals surface area contributed by atoms with Crippen LogP contribution in [-0.2, 0) is 7.05 Å². The van der Waals surface area contributed by atoms with Gasteiger partial charge in [-0.1, -0.05) is 17.2 Å². The number of aryl methyl sites for hydroxylation is 1. The minimum atomic E-state index is -0.0174. The van der Waals surface area contributed by atoms with Crippen molar-refractivity contribution in [3.8, 4) is 11.5 Å². The number of nitrogens with zero attached hydrogens (tertiary/aromatic N) is 2. The van der Waals surface area contributed by atoms with Crippen LogP contribution < -0.4 is 20.0 Å². The molecular weight excluding hydrogens is 294 g/mol. The molecule has 112 valence electrons. The van der Waals surface area contributed by atoms with Crippen LogP contribution >= 0.6 is 0 Å². The van der Waals surface area contributed by atoms with Crippen molar-refractivity contribution in [1.29, 1.82) is 0 Å². The van der Waals surface area contributed by atoms with Gasteiger partial charge in [0.2, 0.25) is 12.2 Å². The molecule has 2 aromatic heterocycles. The molecule has 0 radical (unpaired) electrons. The molecule has 0 unspecified atom stereocenters. The molecule has 0 saturated heterocycles. The summed E-state index contributed by atoms with van der Waals surface area (Å²) in [5.41, 5.74) is 2.20. The fourth-order valence-corrected chi connectivity index (χ4v) is 3.21. The number of para-hydroxylation sites is 1. The van der Waals surface area contributed by atoms with E-state index < -0.39 is 0 Å². The van der Waals surface area contributed by atoms with Crippen LogP contribution in [0.3, 0.4) is 0 Å². The number of ether oxygens (including phenoxy) is 2. The molecule has 1 aliphatic heterocycles. The van der Waals surface area contributed by atoms with Gasteiger partial charge in [0.1, 0.15) is 16.4 Å². The predicted octanol–water partition coefficient (Wildman–Crippen LogP) is 1.78. The Morgan fingerprint density at radius 1 is 1.13 bits per heavy atom. The standard InChI is InChI=1S/C17H11N3O3/c1-20-12-5-3-2-4-9(12)16(21)15-10-6-13-14(23-8-22-13)7-11(10)18-19-17(15)20/h2-7H,8H2,1H3/p+1. The molecule has 0 spiro atoms. The van der Waals surface area contributed by atoms with Crippen molar-refractivity contribution < 1.29 is 14.6 Å². The molecule has 6 heteroatoms. The number of fused-ring (bicyclic) bond motifs is 5. The van der Waals surface area contributed by atoms with Crippen molar-refractivity contribution in [3.05, 3.63) is 46.6 Å². The van der Waals surface area contributed by atoms with Crippen molar-refractivity contribution in [1.82, 2.24) is 9.67 Å². The molecule has 1 aliphatic rings. The Balaban J connectivity index is 2.07. The number of aromatic nitrogens is 3. The van der Waals surface area contributed by atoms with Gasteiger partial charge >= 0.3 is 5.65 Å². The fourth-order valence-electron chi connectivity index (χ4n) is 3.21. The molecule has 1 N–H and O–H groups in total. The summed E-state index contributed by atoms with van der Waals surface area (Å²) in [6.45, 7) is 0.189. The average Bonchev–Trinajstić information content (AvgIpc) is 3.04. The lowest BCUT2D eigenvalue weighted by Crippen LogP contribution is -2.20. The van der Waals surface area contributed by atoms with Gasteiger partial charge in [0, 0.05) is 11.5 Å². The molecule has 5 rings (SSSR count). The van der Waals surface area contributed by atoms with Crippen LogP contribution in [0.2, 0.25) is 0 Å². The number of pyridine rings is 1. The van der Waals surface area contributed by atoms with Crippen LogP contribution in [0.5, 0.6) is 11.5 Å². The second-order valence-electron chi connectivity index (χ2n) is 5.58. The highest BCUT2D eigenvalue weighted by molar-refractivity contribution is 6.06. The lowest BCUT2D eigenvalue weighted by atomic mass is 10.1. The average molecular weight is 306 g/mol. The molecule has 23 heavy (non-hydrogen) atoms. The van der Waals surface area contributed by atoms with Gasteiger partial charge < -0.3 is 9.47 Å². The first-order chi connectivity index (χ1) is 11.2. The van der Waals surface area contributed by atoms with E-state index >= 15 is 0 Å². The molecular formula is C17H12N3O3+. The monoisotopic (exact) mass is 306 g/mol. The molecule has 0 fully saturated rings. The number of nitrogens with one attached hydrogen (secondary N) is 1. The van der Waals surface area contributed by atoms with Gasteiger partial charge in [-0.15, -0.1) is 5.10 Å². The lowest BCUT2D eigenvalue weighted by Gasteiger charge is -2.05. The topological polar surface area (TPSA) is 67.5 Å². The van der Waals surface area contributed by atoms with Gasteiger partial charge in [-0.3, -0.25) is 4.79 Å². The smallest absolute Gasteiger partial charge is 0.312 e. The Kier molecular flexibility index (Phi) is 2.26. The van der Waals surface area contributed by atoms with E-state index in [4.69, 9.17) is 9.47 Å². The van der Waals surface area contributed by atoms with Gasteiger partial charge in [0.25, 0.3) is 0 Å². The first-order valence-electron chi connectivity index (χ1n) is 7.26. The minimum absolute atomic E-state index is 0.0174. The zero-order chi connectivity index (χ0) is 15.6. The number of rotatable bonds is 0. The molecule has 4 aromatic rings. The highest BCUT2D eigenvalue weighted by Crippen LogP contribution is 2.36. The summed E-state index contributed by atoms with van der Waals surface area (Å²) in [6, 6.07) is 11.2. The van der Waals surface area contributed by atoms with Gasteiger partial charge in [0.15, 0.2) is 11.5 Å². The summed E-state index contributed by atoms with van der Waals surface area (Å²) >= 11 is 0. The van der Waals surface area contributed by atoms with Gasteiger partial charge in [0.05, 0.1) is 12.4 Å². The van der Waals surface area contributed by atoms with Crippen LogP contribution in [-0.4, -0.2) is 16.5 Å². The third-order valence-corrected chi connectivity index (χ3v) is 4.35.